The Morgan fingerprint density at radius 1 is 1.33 bits per heavy atom. The summed E-state index contributed by atoms with van der Waals surface area (Å²) in [5.74, 6) is 0.177. The Bertz CT molecular complexity index is 453. The van der Waals surface area contributed by atoms with Gasteiger partial charge in [-0.05, 0) is 51.1 Å². The normalized spacial score (nSPS) is 17.4. The lowest BCUT2D eigenvalue weighted by Crippen LogP contribution is -2.38. The van der Waals surface area contributed by atoms with Crippen molar-refractivity contribution in [2.45, 2.75) is 39.0 Å². The Labute approximate surface area is 129 Å². The third-order valence-electron chi connectivity index (χ3n) is 3.76. The molecule has 1 aliphatic rings. The quantitative estimate of drug-likeness (QED) is 0.832. The van der Waals surface area contributed by atoms with E-state index in [1.165, 1.54) is 18.9 Å². The first-order valence-corrected chi connectivity index (χ1v) is 7.62. The zero-order valence-electron chi connectivity index (χ0n) is 12.1. The van der Waals surface area contributed by atoms with Gasteiger partial charge in [0, 0.05) is 29.7 Å². The van der Waals surface area contributed by atoms with Crippen LogP contribution in [-0.2, 0) is 6.54 Å². The summed E-state index contributed by atoms with van der Waals surface area (Å²) < 4.78 is 29.3. The average Bonchev–Trinajstić information content (AvgIpc) is 2.95. The van der Waals surface area contributed by atoms with E-state index in [1.807, 2.05) is 0 Å². The molecule has 21 heavy (non-hydrogen) atoms. The topological polar surface area (TPSA) is 24.5 Å². The molecule has 1 saturated heterocycles. The van der Waals surface area contributed by atoms with Crippen LogP contribution in [0.5, 0.6) is 5.75 Å². The molecule has 2 rings (SSSR count). The van der Waals surface area contributed by atoms with Crippen LogP contribution in [0, 0.1) is 0 Å². The standard InChI is InChI=1S/C15H21ClF2N2O/c1-11(20-6-2-3-7-20)9-19-10-12-8-13(16)4-5-14(12)21-15(17)18/h4-5,8,11,15,19H,2-3,6-7,9-10H2,1H3. The molecule has 1 N–H and O–H groups in total. The number of rotatable bonds is 7. The number of likely N-dealkylation sites (tertiary alicyclic amines) is 1. The van der Waals surface area contributed by atoms with Crippen LogP contribution in [-0.4, -0.2) is 37.2 Å². The van der Waals surface area contributed by atoms with Crippen molar-refractivity contribution < 1.29 is 13.5 Å². The largest absolute Gasteiger partial charge is 0.434 e. The zero-order valence-corrected chi connectivity index (χ0v) is 12.9. The van der Waals surface area contributed by atoms with Gasteiger partial charge in [-0.3, -0.25) is 4.90 Å². The van der Waals surface area contributed by atoms with Crippen LogP contribution >= 0.6 is 11.6 Å². The van der Waals surface area contributed by atoms with Crippen LogP contribution < -0.4 is 10.1 Å². The molecule has 1 fully saturated rings. The molecular formula is C15H21ClF2N2O. The van der Waals surface area contributed by atoms with Crippen LogP contribution in [0.15, 0.2) is 18.2 Å². The molecule has 0 aromatic heterocycles. The first-order valence-electron chi connectivity index (χ1n) is 7.24. The lowest BCUT2D eigenvalue weighted by Gasteiger charge is -2.24. The second-order valence-corrected chi connectivity index (χ2v) is 5.79. The summed E-state index contributed by atoms with van der Waals surface area (Å²) in [6.45, 7) is 2.89. The van der Waals surface area contributed by atoms with E-state index in [0.717, 1.165) is 19.6 Å². The van der Waals surface area contributed by atoms with E-state index in [2.05, 4.69) is 21.9 Å². The van der Waals surface area contributed by atoms with Gasteiger partial charge in [0.1, 0.15) is 5.75 Å². The van der Waals surface area contributed by atoms with E-state index >= 15 is 0 Å². The van der Waals surface area contributed by atoms with Crippen molar-refractivity contribution in [2.24, 2.45) is 0 Å². The van der Waals surface area contributed by atoms with Gasteiger partial charge in [0.15, 0.2) is 0 Å². The number of hydrogen-bond donors (Lipinski definition) is 1. The number of hydrogen-bond acceptors (Lipinski definition) is 3. The van der Waals surface area contributed by atoms with Crippen LogP contribution in [0.4, 0.5) is 8.78 Å². The van der Waals surface area contributed by atoms with E-state index < -0.39 is 6.61 Å². The molecule has 0 radical (unpaired) electrons. The van der Waals surface area contributed by atoms with Crippen molar-refractivity contribution in [3.05, 3.63) is 28.8 Å². The highest BCUT2D eigenvalue weighted by atomic mass is 35.5. The molecule has 1 aromatic rings. The van der Waals surface area contributed by atoms with Gasteiger partial charge in [-0.1, -0.05) is 11.6 Å². The second-order valence-electron chi connectivity index (χ2n) is 5.35. The summed E-state index contributed by atoms with van der Waals surface area (Å²) >= 11 is 5.92. The van der Waals surface area contributed by atoms with Gasteiger partial charge < -0.3 is 10.1 Å². The van der Waals surface area contributed by atoms with Gasteiger partial charge in [0.25, 0.3) is 0 Å². The highest BCUT2D eigenvalue weighted by Gasteiger charge is 2.17. The fraction of sp³-hybridized carbons (Fsp3) is 0.600. The van der Waals surface area contributed by atoms with E-state index in [4.69, 9.17) is 11.6 Å². The Morgan fingerprint density at radius 2 is 2.05 bits per heavy atom. The predicted molar refractivity (Wildman–Crippen MR) is 80.1 cm³/mol. The molecule has 1 unspecified atom stereocenters. The Hall–Kier alpha value is -0.910. The summed E-state index contributed by atoms with van der Waals surface area (Å²) in [4.78, 5) is 2.43. The van der Waals surface area contributed by atoms with Crippen molar-refractivity contribution in [3.63, 3.8) is 0 Å². The van der Waals surface area contributed by atoms with E-state index in [-0.39, 0.29) is 5.75 Å². The van der Waals surface area contributed by atoms with Crippen molar-refractivity contribution in [1.82, 2.24) is 10.2 Å². The third kappa shape index (κ3) is 5.09. The van der Waals surface area contributed by atoms with E-state index in [1.54, 1.807) is 12.1 Å². The first-order chi connectivity index (χ1) is 10.1. The van der Waals surface area contributed by atoms with Crippen LogP contribution in [0.25, 0.3) is 0 Å². The summed E-state index contributed by atoms with van der Waals surface area (Å²) in [7, 11) is 0. The first kappa shape index (κ1) is 16.5. The summed E-state index contributed by atoms with van der Waals surface area (Å²) in [5.41, 5.74) is 0.649. The summed E-state index contributed by atoms with van der Waals surface area (Å²) in [5, 5.41) is 3.81. The molecule has 1 heterocycles. The SMILES string of the molecule is CC(CNCc1cc(Cl)ccc1OC(F)F)N1CCCC1. The monoisotopic (exact) mass is 318 g/mol. The molecule has 1 aromatic carbocycles. The minimum Gasteiger partial charge on any atom is -0.434 e. The molecule has 1 aliphatic heterocycles. The maximum Gasteiger partial charge on any atom is 0.387 e. The summed E-state index contributed by atoms with van der Waals surface area (Å²) in [6, 6.07) is 5.13. The van der Waals surface area contributed by atoms with Crippen molar-refractivity contribution in [1.29, 1.82) is 0 Å². The predicted octanol–water partition coefficient (Wildman–Crippen LogP) is 3.52. The molecule has 0 aliphatic carbocycles. The van der Waals surface area contributed by atoms with Crippen molar-refractivity contribution in [3.8, 4) is 5.75 Å². The molecule has 0 amide bonds. The van der Waals surface area contributed by atoms with E-state index in [0.29, 0.717) is 23.2 Å². The Kier molecular flexibility index (Phi) is 6.21. The highest BCUT2D eigenvalue weighted by molar-refractivity contribution is 6.30. The second kappa shape index (κ2) is 7.92. The van der Waals surface area contributed by atoms with Gasteiger partial charge in [-0.15, -0.1) is 0 Å². The van der Waals surface area contributed by atoms with Gasteiger partial charge in [-0.25, -0.2) is 0 Å². The van der Waals surface area contributed by atoms with Gasteiger partial charge in [0.05, 0.1) is 0 Å². The van der Waals surface area contributed by atoms with Crippen molar-refractivity contribution in [2.75, 3.05) is 19.6 Å². The minimum atomic E-state index is -2.83. The molecule has 0 bridgehead atoms. The number of halogens is 3. The number of ether oxygens (including phenoxy) is 1. The number of alkyl halides is 2. The zero-order chi connectivity index (χ0) is 15.2. The fourth-order valence-electron chi connectivity index (χ4n) is 2.62. The maximum absolute atomic E-state index is 12.4. The third-order valence-corrected chi connectivity index (χ3v) is 3.99. The fourth-order valence-corrected chi connectivity index (χ4v) is 2.82. The Morgan fingerprint density at radius 3 is 2.71 bits per heavy atom. The summed E-state index contributed by atoms with van der Waals surface area (Å²) in [6.07, 6.45) is 2.51. The molecule has 0 spiro atoms. The molecule has 3 nitrogen and oxygen atoms in total. The minimum absolute atomic E-state index is 0.177. The van der Waals surface area contributed by atoms with Gasteiger partial charge >= 0.3 is 6.61 Å². The van der Waals surface area contributed by atoms with Gasteiger partial charge in [-0.2, -0.15) is 8.78 Å². The molecule has 6 heteroatoms. The molecule has 0 saturated carbocycles. The smallest absolute Gasteiger partial charge is 0.387 e. The highest BCUT2D eigenvalue weighted by Crippen LogP contribution is 2.24. The van der Waals surface area contributed by atoms with E-state index in [9.17, 15) is 8.78 Å². The molecule has 1 atom stereocenters. The van der Waals surface area contributed by atoms with Crippen LogP contribution in [0.3, 0.4) is 0 Å². The van der Waals surface area contributed by atoms with Crippen molar-refractivity contribution >= 4 is 11.6 Å². The molecular weight excluding hydrogens is 298 g/mol. The molecule has 118 valence electrons. The lowest BCUT2D eigenvalue weighted by atomic mass is 10.2. The number of nitrogens with zero attached hydrogens (tertiary/aromatic N) is 1. The Balaban J connectivity index is 1.87. The van der Waals surface area contributed by atoms with Gasteiger partial charge in [0.2, 0.25) is 0 Å². The average molecular weight is 319 g/mol. The number of benzene rings is 1. The lowest BCUT2D eigenvalue weighted by molar-refractivity contribution is -0.0505. The van der Waals surface area contributed by atoms with Crippen LogP contribution in [0.1, 0.15) is 25.3 Å². The maximum atomic E-state index is 12.4. The number of nitrogens with one attached hydrogen (secondary N) is 1. The van der Waals surface area contributed by atoms with Crippen LogP contribution in [0.2, 0.25) is 5.02 Å².